The molecule has 0 radical (unpaired) electrons. The van der Waals surface area contributed by atoms with Gasteiger partial charge in [-0.2, -0.15) is 0 Å². The Hall–Kier alpha value is -0.890. The quantitative estimate of drug-likeness (QED) is 0.427. The summed E-state index contributed by atoms with van der Waals surface area (Å²) in [5.41, 5.74) is 1.65. The number of carbonyl (C=O) groups excluding carboxylic acids is 1. The van der Waals surface area contributed by atoms with Crippen LogP contribution in [0, 0.1) is 11.8 Å². The van der Waals surface area contributed by atoms with Crippen molar-refractivity contribution in [2.24, 2.45) is 11.8 Å². The maximum Gasteiger partial charge on any atom is 0.145 e. The average Bonchev–Trinajstić information content (AvgIpc) is 2.27. The van der Waals surface area contributed by atoms with Crippen molar-refractivity contribution in [3.8, 4) is 0 Å². The predicted molar refractivity (Wildman–Crippen MR) is 68.2 cm³/mol. The second-order valence-corrected chi connectivity index (χ2v) is 4.63. The molecule has 2 heteroatoms. The molecule has 92 valence electrons. The average molecular weight is 224 g/mol. The largest absolute Gasteiger partial charge is 0.388 e. The number of hydrogen-bond acceptors (Lipinski definition) is 2. The molecule has 0 spiro atoms. The summed E-state index contributed by atoms with van der Waals surface area (Å²) < 4.78 is 0. The van der Waals surface area contributed by atoms with Crippen LogP contribution in [0.1, 0.15) is 41.0 Å². The molecule has 3 atom stereocenters. The van der Waals surface area contributed by atoms with Crippen molar-refractivity contribution in [2.45, 2.75) is 47.1 Å². The van der Waals surface area contributed by atoms with Gasteiger partial charge in [0.1, 0.15) is 6.29 Å². The molecule has 0 aromatic carbocycles. The van der Waals surface area contributed by atoms with Crippen LogP contribution in [0.15, 0.2) is 23.3 Å². The van der Waals surface area contributed by atoms with E-state index in [2.05, 4.69) is 19.9 Å². The van der Waals surface area contributed by atoms with E-state index in [-0.39, 0.29) is 5.92 Å². The summed E-state index contributed by atoms with van der Waals surface area (Å²) in [7, 11) is 0. The SMILES string of the molecule is CCC(C)/C=C(\C)[C@H](O)C(C)/C=C(\C)C=O. The number of aliphatic hydroxyl groups is 1. The molecule has 0 fully saturated rings. The molecule has 0 aliphatic rings. The van der Waals surface area contributed by atoms with Crippen molar-refractivity contribution in [2.75, 3.05) is 0 Å². The van der Waals surface area contributed by atoms with Crippen LogP contribution in [0.3, 0.4) is 0 Å². The number of aldehydes is 1. The number of allylic oxidation sites excluding steroid dienone is 2. The first-order valence-electron chi connectivity index (χ1n) is 5.92. The summed E-state index contributed by atoms with van der Waals surface area (Å²) in [6, 6.07) is 0. The molecular formula is C14H24O2. The summed E-state index contributed by atoms with van der Waals surface area (Å²) in [4.78, 5) is 10.5. The van der Waals surface area contributed by atoms with E-state index >= 15 is 0 Å². The Labute approximate surface area is 99.1 Å². The third-order valence-corrected chi connectivity index (χ3v) is 2.87. The van der Waals surface area contributed by atoms with Crippen molar-refractivity contribution in [1.29, 1.82) is 0 Å². The van der Waals surface area contributed by atoms with E-state index in [0.29, 0.717) is 11.5 Å². The monoisotopic (exact) mass is 224 g/mol. The van der Waals surface area contributed by atoms with Crippen molar-refractivity contribution < 1.29 is 9.90 Å². The van der Waals surface area contributed by atoms with E-state index in [9.17, 15) is 9.90 Å². The highest BCUT2D eigenvalue weighted by Gasteiger charge is 2.14. The number of hydrogen-bond donors (Lipinski definition) is 1. The van der Waals surface area contributed by atoms with Crippen LogP contribution in [-0.4, -0.2) is 17.5 Å². The zero-order valence-electron chi connectivity index (χ0n) is 11.0. The molecule has 0 aliphatic carbocycles. The Kier molecular flexibility index (Phi) is 6.98. The van der Waals surface area contributed by atoms with Gasteiger partial charge in [0.25, 0.3) is 0 Å². The summed E-state index contributed by atoms with van der Waals surface area (Å²) >= 11 is 0. The lowest BCUT2D eigenvalue weighted by molar-refractivity contribution is -0.104. The molecule has 0 aromatic rings. The van der Waals surface area contributed by atoms with E-state index in [0.717, 1.165) is 18.3 Å². The van der Waals surface area contributed by atoms with Gasteiger partial charge in [-0.15, -0.1) is 0 Å². The topological polar surface area (TPSA) is 37.3 Å². The van der Waals surface area contributed by atoms with E-state index in [4.69, 9.17) is 0 Å². The van der Waals surface area contributed by atoms with Crippen LogP contribution in [0.25, 0.3) is 0 Å². The van der Waals surface area contributed by atoms with Crippen molar-refractivity contribution in [1.82, 2.24) is 0 Å². The number of carbonyl (C=O) groups is 1. The van der Waals surface area contributed by atoms with Crippen molar-refractivity contribution in [3.05, 3.63) is 23.3 Å². The van der Waals surface area contributed by atoms with E-state index in [1.807, 2.05) is 19.9 Å². The molecule has 1 N–H and O–H groups in total. The first kappa shape index (κ1) is 15.1. The fourth-order valence-electron chi connectivity index (χ4n) is 1.62. The lowest BCUT2D eigenvalue weighted by Gasteiger charge is -2.18. The Morgan fingerprint density at radius 3 is 2.25 bits per heavy atom. The molecular weight excluding hydrogens is 200 g/mol. The van der Waals surface area contributed by atoms with Gasteiger partial charge in [-0.05, 0) is 30.9 Å². The Balaban J connectivity index is 4.60. The number of rotatable bonds is 6. The first-order valence-corrected chi connectivity index (χ1v) is 5.92. The zero-order chi connectivity index (χ0) is 12.7. The van der Waals surface area contributed by atoms with Crippen LogP contribution in [0.2, 0.25) is 0 Å². The molecule has 0 saturated carbocycles. The molecule has 0 rings (SSSR count). The smallest absolute Gasteiger partial charge is 0.145 e. The summed E-state index contributed by atoms with van der Waals surface area (Å²) in [5.74, 6) is 0.462. The Morgan fingerprint density at radius 1 is 1.25 bits per heavy atom. The van der Waals surface area contributed by atoms with E-state index < -0.39 is 6.10 Å². The van der Waals surface area contributed by atoms with E-state index in [1.165, 1.54) is 0 Å². The van der Waals surface area contributed by atoms with Crippen LogP contribution < -0.4 is 0 Å². The van der Waals surface area contributed by atoms with Gasteiger partial charge < -0.3 is 5.11 Å². The minimum absolute atomic E-state index is 0.0227. The van der Waals surface area contributed by atoms with Gasteiger partial charge in [0.2, 0.25) is 0 Å². The third kappa shape index (κ3) is 5.26. The highest BCUT2D eigenvalue weighted by atomic mass is 16.3. The van der Waals surface area contributed by atoms with Crippen LogP contribution in [-0.2, 0) is 4.79 Å². The van der Waals surface area contributed by atoms with Crippen LogP contribution in [0.4, 0.5) is 0 Å². The second kappa shape index (κ2) is 7.39. The van der Waals surface area contributed by atoms with Gasteiger partial charge in [-0.25, -0.2) is 0 Å². The van der Waals surface area contributed by atoms with Crippen LogP contribution in [0.5, 0.6) is 0 Å². The molecule has 0 heterocycles. The molecule has 0 saturated heterocycles. The van der Waals surface area contributed by atoms with Gasteiger partial charge >= 0.3 is 0 Å². The Morgan fingerprint density at radius 2 is 1.81 bits per heavy atom. The van der Waals surface area contributed by atoms with Gasteiger partial charge in [0.05, 0.1) is 6.10 Å². The molecule has 2 nitrogen and oxygen atoms in total. The third-order valence-electron chi connectivity index (χ3n) is 2.87. The van der Waals surface area contributed by atoms with Gasteiger partial charge in [0.15, 0.2) is 0 Å². The van der Waals surface area contributed by atoms with Crippen LogP contribution >= 0.6 is 0 Å². The molecule has 0 aliphatic heterocycles. The van der Waals surface area contributed by atoms with Gasteiger partial charge in [0, 0.05) is 5.92 Å². The summed E-state index contributed by atoms with van der Waals surface area (Å²) in [5, 5.41) is 10.0. The molecule has 0 amide bonds. The zero-order valence-corrected chi connectivity index (χ0v) is 11.0. The second-order valence-electron chi connectivity index (χ2n) is 4.63. The highest BCUT2D eigenvalue weighted by Crippen LogP contribution is 2.17. The van der Waals surface area contributed by atoms with Gasteiger partial charge in [-0.3, -0.25) is 4.79 Å². The summed E-state index contributed by atoms with van der Waals surface area (Å²) in [6.45, 7) is 9.88. The number of aliphatic hydroxyl groups excluding tert-OH is 1. The maximum atomic E-state index is 10.5. The predicted octanol–water partition coefficient (Wildman–Crippen LogP) is 3.12. The minimum atomic E-state index is -0.496. The molecule has 0 aromatic heterocycles. The minimum Gasteiger partial charge on any atom is -0.388 e. The lowest BCUT2D eigenvalue weighted by Crippen LogP contribution is -2.18. The molecule has 0 bridgehead atoms. The highest BCUT2D eigenvalue weighted by molar-refractivity contribution is 5.72. The first-order chi connectivity index (χ1) is 7.42. The normalized spacial score (nSPS) is 19.1. The Bertz CT molecular complexity index is 276. The fraction of sp³-hybridized carbons (Fsp3) is 0.643. The van der Waals surface area contributed by atoms with Crippen molar-refractivity contribution >= 4 is 6.29 Å². The maximum absolute atomic E-state index is 10.5. The van der Waals surface area contributed by atoms with Crippen molar-refractivity contribution in [3.63, 3.8) is 0 Å². The fourth-order valence-corrected chi connectivity index (χ4v) is 1.62. The molecule has 2 unspecified atom stereocenters. The summed E-state index contributed by atoms with van der Waals surface area (Å²) in [6.07, 6.45) is 5.30. The molecule has 16 heavy (non-hydrogen) atoms. The standard InChI is InChI=1S/C14H24O2/c1-6-10(2)7-12(4)14(16)13(5)8-11(3)9-15/h7-10,13-14,16H,6H2,1-5H3/b11-8+,12-7+/t10?,13?,14-/m0/s1. The lowest BCUT2D eigenvalue weighted by atomic mass is 9.93. The van der Waals surface area contributed by atoms with Gasteiger partial charge in [-0.1, -0.05) is 39.3 Å². The van der Waals surface area contributed by atoms with E-state index in [1.54, 1.807) is 6.92 Å².